The van der Waals surface area contributed by atoms with Crippen LogP contribution >= 0.6 is 0 Å². The number of benzene rings is 2. The first-order chi connectivity index (χ1) is 11.6. The number of hydrogen-bond donors (Lipinski definition) is 1. The van der Waals surface area contributed by atoms with Crippen molar-refractivity contribution in [2.75, 3.05) is 18.0 Å². The largest absolute Gasteiger partial charge is 0.352 e. The molecule has 3 aromatic rings. The van der Waals surface area contributed by atoms with Gasteiger partial charge < -0.3 is 4.90 Å². The van der Waals surface area contributed by atoms with Gasteiger partial charge in [-0.05, 0) is 11.5 Å². The van der Waals surface area contributed by atoms with Crippen LogP contribution in [0.25, 0.3) is 10.8 Å². The van der Waals surface area contributed by atoms with Gasteiger partial charge in [-0.3, -0.25) is 4.98 Å². The van der Waals surface area contributed by atoms with Crippen LogP contribution in [0.3, 0.4) is 0 Å². The molecule has 24 heavy (non-hydrogen) atoms. The summed E-state index contributed by atoms with van der Waals surface area (Å²) in [5.74, 6) is 0.762. The third kappa shape index (κ3) is 2.72. The molecule has 1 fully saturated rings. The van der Waals surface area contributed by atoms with Crippen molar-refractivity contribution >= 4 is 26.6 Å². The van der Waals surface area contributed by atoms with Crippen LogP contribution in [0, 0.1) is 0 Å². The summed E-state index contributed by atoms with van der Waals surface area (Å²) >= 11 is 0. The maximum Gasteiger partial charge on any atom is 0.241 e. The summed E-state index contributed by atoms with van der Waals surface area (Å²) in [6.45, 7) is 1.17. The molecule has 6 nitrogen and oxygen atoms in total. The van der Waals surface area contributed by atoms with Crippen molar-refractivity contribution in [2.45, 2.75) is 10.9 Å². The highest BCUT2D eigenvalue weighted by Crippen LogP contribution is 2.24. The summed E-state index contributed by atoms with van der Waals surface area (Å²) in [4.78, 5) is 10.6. The van der Waals surface area contributed by atoms with Crippen LogP contribution in [0.4, 0.5) is 5.82 Å². The first kappa shape index (κ1) is 15.0. The van der Waals surface area contributed by atoms with E-state index < -0.39 is 10.0 Å². The topological polar surface area (TPSA) is 75.2 Å². The van der Waals surface area contributed by atoms with Crippen LogP contribution in [-0.2, 0) is 10.0 Å². The predicted molar refractivity (Wildman–Crippen MR) is 92.3 cm³/mol. The predicted octanol–water partition coefficient (Wildman–Crippen LogP) is 1.80. The lowest BCUT2D eigenvalue weighted by Crippen LogP contribution is -2.59. The Morgan fingerprint density at radius 1 is 1.04 bits per heavy atom. The van der Waals surface area contributed by atoms with Gasteiger partial charge in [-0.2, -0.15) is 0 Å². The van der Waals surface area contributed by atoms with Gasteiger partial charge in [-0.25, -0.2) is 18.1 Å². The van der Waals surface area contributed by atoms with Gasteiger partial charge in [0.15, 0.2) is 0 Å². The van der Waals surface area contributed by atoms with Gasteiger partial charge in [-0.1, -0.05) is 36.4 Å². The van der Waals surface area contributed by atoms with E-state index in [-0.39, 0.29) is 6.04 Å². The second-order valence-electron chi connectivity index (χ2n) is 5.76. The highest BCUT2D eigenvalue weighted by molar-refractivity contribution is 7.89. The van der Waals surface area contributed by atoms with Gasteiger partial charge in [0.25, 0.3) is 0 Å². The second-order valence-corrected chi connectivity index (χ2v) is 7.45. The van der Waals surface area contributed by atoms with Gasteiger partial charge in [0.2, 0.25) is 10.0 Å². The summed E-state index contributed by atoms with van der Waals surface area (Å²) in [5.41, 5.74) is 0. The summed E-state index contributed by atoms with van der Waals surface area (Å²) < 4.78 is 28.3. The molecule has 0 aliphatic carbocycles. The average molecular weight is 340 g/mol. The number of fused-ring (bicyclic) bond motifs is 1. The number of nitrogens with zero attached hydrogens (tertiary/aromatic N) is 3. The first-order valence-electron chi connectivity index (χ1n) is 7.64. The van der Waals surface area contributed by atoms with Crippen LogP contribution in [0.5, 0.6) is 0 Å². The van der Waals surface area contributed by atoms with Crippen molar-refractivity contribution in [3.63, 3.8) is 0 Å². The molecule has 0 atom stereocenters. The molecule has 0 radical (unpaired) electrons. The maximum atomic E-state index is 12.7. The first-order valence-corrected chi connectivity index (χ1v) is 9.13. The fraction of sp³-hybridized carbons (Fsp3) is 0.176. The Kier molecular flexibility index (Phi) is 3.66. The van der Waals surface area contributed by atoms with Crippen molar-refractivity contribution < 1.29 is 8.42 Å². The zero-order valence-electron chi connectivity index (χ0n) is 12.8. The molecule has 2 aromatic carbocycles. The Morgan fingerprint density at radius 3 is 2.62 bits per heavy atom. The van der Waals surface area contributed by atoms with Crippen molar-refractivity contribution in [1.29, 1.82) is 0 Å². The van der Waals surface area contributed by atoms with E-state index in [9.17, 15) is 8.42 Å². The van der Waals surface area contributed by atoms with Crippen LogP contribution in [0.15, 0.2) is 66.0 Å². The van der Waals surface area contributed by atoms with Gasteiger partial charge in [-0.15, -0.1) is 0 Å². The standard InChI is InChI=1S/C17H16N4O2S/c22-24(23,16-7-3-5-13-4-1-2-6-15(13)16)20-14-11-21(12-14)17-10-18-8-9-19-17/h1-10,14,20H,11-12H2. The average Bonchev–Trinajstić information content (AvgIpc) is 2.58. The molecule has 7 heteroatoms. The summed E-state index contributed by atoms with van der Waals surface area (Å²) in [6, 6.07) is 12.7. The molecule has 0 saturated carbocycles. The van der Waals surface area contributed by atoms with E-state index in [1.165, 1.54) is 0 Å². The summed E-state index contributed by atoms with van der Waals surface area (Å²) in [5, 5.41) is 1.65. The molecule has 1 N–H and O–H groups in total. The summed E-state index contributed by atoms with van der Waals surface area (Å²) in [6.07, 6.45) is 4.92. The lowest BCUT2D eigenvalue weighted by Gasteiger charge is -2.39. The number of nitrogens with one attached hydrogen (secondary N) is 1. The third-order valence-electron chi connectivity index (χ3n) is 4.12. The smallest absolute Gasteiger partial charge is 0.241 e. The molecule has 0 spiro atoms. The Labute approximate surface area is 140 Å². The highest BCUT2D eigenvalue weighted by Gasteiger charge is 2.32. The Morgan fingerprint density at radius 2 is 1.83 bits per heavy atom. The number of sulfonamides is 1. The molecule has 0 bridgehead atoms. The van der Waals surface area contributed by atoms with Crippen LogP contribution < -0.4 is 9.62 Å². The van der Waals surface area contributed by atoms with E-state index in [0.717, 1.165) is 16.6 Å². The Balaban J connectivity index is 1.52. The Bertz CT molecular complexity index is 965. The van der Waals surface area contributed by atoms with Crippen molar-refractivity contribution in [1.82, 2.24) is 14.7 Å². The van der Waals surface area contributed by atoms with Crippen molar-refractivity contribution in [3.05, 3.63) is 61.1 Å². The normalized spacial score (nSPS) is 15.4. The fourth-order valence-corrected chi connectivity index (χ4v) is 4.36. The van der Waals surface area contributed by atoms with Crippen LogP contribution in [0.1, 0.15) is 0 Å². The van der Waals surface area contributed by atoms with Gasteiger partial charge in [0.1, 0.15) is 5.82 Å². The quantitative estimate of drug-likeness (QED) is 0.784. The SMILES string of the molecule is O=S(=O)(NC1CN(c2cnccn2)C1)c1cccc2ccccc12. The molecular weight excluding hydrogens is 324 g/mol. The second kappa shape index (κ2) is 5.85. The molecule has 122 valence electrons. The van der Waals surface area contributed by atoms with E-state index in [0.29, 0.717) is 18.0 Å². The lowest BCUT2D eigenvalue weighted by molar-refractivity contribution is 0.466. The monoisotopic (exact) mass is 340 g/mol. The van der Waals surface area contributed by atoms with E-state index in [2.05, 4.69) is 14.7 Å². The van der Waals surface area contributed by atoms with Gasteiger partial charge in [0, 0.05) is 30.9 Å². The zero-order valence-corrected chi connectivity index (χ0v) is 13.6. The minimum absolute atomic E-state index is 0.129. The van der Waals surface area contributed by atoms with Gasteiger partial charge >= 0.3 is 0 Å². The van der Waals surface area contributed by atoms with Crippen molar-refractivity contribution in [3.8, 4) is 0 Å². The number of anilines is 1. The molecule has 0 amide bonds. The molecule has 4 rings (SSSR count). The molecule has 2 heterocycles. The van der Waals surface area contributed by atoms with E-state index in [1.54, 1.807) is 30.7 Å². The molecule has 1 saturated heterocycles. The lowest BCUT2D eigenvalue weighted by atomic mass is 10.1. The summed E-state index contributed by atoms with van der Waals surface area (Å²) in [7, 11) is -3.57. The number of aromatic nitrogens is 2. The fourth-order valence-electron chi connectivity index (χ4n) is 2.91. The van der Waals surface area contributed by atoms with Crippen LogP contribution in [0.2, 0.25) is 0 Å². The van der Waals surface area contributed by atoms with Crippen molar-refractivity contribution in [2.24, 2.45) is 0 Å². The maximum absolute atomic E-state index is 12.7. The highest BCUT2D eigenvalue weighted by atomic mass is 32.2. The minimum atomic E-state index is -3.57. The van der Waals surface area contributed by atoms with Crippen LogP contribution in [-0.4, -0.2) is 37.5 Å². The van der Waals surface area contributed by atoms with E-state index in [4.69, 9.17) is 0 Å². The minimum Gasteiger partial charge on any atom is -0.352 e. The zero-order chi connectivity index (χ0) is 16.6. The molecule has 1 aliphatic rings. The number of rotatable bonds is 4. The van der Waals surface area contributed by atoms with Gasteiger partial charge in [0.05, 0.1) is 17.1 Å². The molecule has 1 aliphatic heterocycles. The Hall–Kier alpha value is -2.51. The third-order valence-corrected chi connectivity index (χ3v) is 5.69. The molecule has 0 unspecified atom stereocenters. The molecular formula is C17H16N4O2S. The van der Waals surface area contributed by atoms with E-state index in [1.807, 2.05) is 35.2 Å². The molecule has 1 aromatic heterocycles. The van der Waals surface area contributed by atoms with E-state index >= 15 is 0 Å². The number of hydrogen-bond acceptors (Lipinski definition) is 5.